The van der Waals surface area contributed by atoms with Gasteiger partial charge in [-0.3, -0.25) is 4.99 Å². The summed E-state index contributed by atoms with van der Waals surface area (Å²) in [7, 11) is 0. The lowest BCUT2D eigenvalue weighted by molar-refractivity contribution is 0.474. The van der Waals surface area contributed by atoms with E-state index in [1.807, 2.05) is 19.1 Å². The van der Waals surface area contributed by atoms with Gasteiger partial charge in [-0.2, -0.15) is 0 Å². The Balaban J connectivity index is 2.60. The minimum atomic E-state index is 0.249. The molecule has 2 nitrogen and oxygen atoms in total. The molecule has 1 rings (SSSR count). The zero-order chi connectivity index (χ0) is 10.4. The number of para-hydroxylation sites is 1. The second kappa shape index (κ2) is 5.50. The standard InChI is InChI=1S/C11H13NOS/c1-2-10(14)8-12-7-9-5-3-4-6-11(9)13/h3-7,13H,2,8H2,1H3. The van der Waals surface area contributed by atoms with Gasteiger partial charge < -0.3 is 5.11 Å². The molecule has 0 unspecified atom stereocenters. The highest BCUT2D eigenvalue weighted by atomic mass is 32.1. The van der Waals surface area contributed by atoms with Gasteiger partial charge in [-0.25, -0.2) is 0 Å². The summed E-state index contributed by atoms with van der Waals surface area (Å²) in [5, 5.41) is 9.41. The highest BCUT2D eigenvalue weighted by Gasteiger charge is 1.94. The van der Waals surface area contributed by atoms with Gasteiger partial charge >= 0.3 is 0 Å². The van der Waals surface area contributed by atoms with Crippen molar-refractivity contribution in [3.8, 4) is 5.75 Å². The minimum Gasteiger partial charge on any atom is -0.507 e. The van der Waals surface area contributed by atoms with E-state index in [1.165, 1.54) is 0 Å². The number of hydrogen-bond acceptors (Lipinski definition) is 3. The largest absolute Gasteiger partial charge is 0.507 e. The summed E-state index contributed by atoms with van der Waals surface area (Å²) in [6, 6.07) is 7.09. The smallest absolute Gasteiger partial charge is 0.124 e. The molecule has 0 saturated carbocycles. The van der Waals surface area contributed by atoms with Crippen LogP contribution in [0.4, 0.5) is 0 Å². The molecule has 0 atom stereocenters. The molecule has 74 valence electrons. The van der Waals surface area contributed by atoms with Crippen LogP contribution in [0.25, 0.3) is 0 Å². The summed E-state index contributed by atoms with van der Waals surface area (Å²) in [5.74, 6) is 0.249. The number of thiocarbonyl (C=S) groups is 1. The summed E-state index contributed by atoms with van der Waals surface area (Å²) in [6.07, 6.45) is 2.52. The first-order valence-electron chi connectivity index (χ1n) is 4.53. The van der Waals surface area contributed by atoms with Gasteiger partial charge in [0.1, 0.15) is 5.75 Å². The minimum absolute atomic E-state index is 0.249. The predicted octanol–water partition coefficient (Wildman–Crippen LogP) is 2.59. The Labute approximate surface area is 89.3 Å². The highest BCUT2D eigenvalue weighted by Crippen LogP contribution is 2.12. The third kappa shape index (κ3) is 3.26. The second-order valence-electron chi connectivity index (χ2n) is 2.92. The van der Waals surface area contributed by atoms with Crippen molar-refractivity contribution in [2.24, 2.45) is 4.99 Å². The van der Waals surface area contributed by atoms with Gasteiger partial charge in [0.15, 0.2) is 0 Å². The number of aromatic hydroxyl groups is 1. The van der Waals surface area contributed by atoms with Crippen LogP contribution in [0.2, 0.25) is 0 Å². The Morgan fingerprint density at radius 1 is 1.50 bits per heavy atom. The van der Waals surface area contributed by atoms with Crippen molar-refractivity contribution in [3.63, 3.8) is 0 Å². The van der Waals surface area contributed by atoms with E-state index in [0.717, 1.165) is 16.8 Å². The van der Waals surface area contributed by atoms with Gasteiger partial charge in [0.2, 0.25) is 0 Å². The first-order valence-corrected chi connectivity index (χ1v) is 4.94. The van der Waals surface area contributed by atoms with Gasteiger partial charge in [-0.05, 0) is 18.6 Å². The van der Waals surface area contributed by atoms with Gasteiger partial charge in [-0.15, -0.1) is 0 Å². The van der Waals surface area contributed by atoms with Crippen LogP contribution in [0, 0.1) is 0 Å². The molecule has 0 heterocycles. The topological polar surface area (TPSA) is 32.6 Å². The van der Waals surface area contributed by atoms with Gasteiger partial charge in [0.25, 0.3) is 0 Å². The quantitative estimate of drug-likeness (QED) is 0.608. The van der Waals surface area contributed by atoms with Crippen molar-refractivity contribution >= 4 is 23.3 Å². The molecular weight excluding hydrogens is 194 g/mol. The summed E-state index contributed by atoms with van der Waals surface area (Å²) < 4.78 is 0. The van der Waals surface area contributed by atoms with Crippen LogP contribution < -0.4 is 0 Å². The molecule has 0 spiro atoms. The molecule has 0 aliphatic rings. The third-order valence-corrected chi connectivity index (χ3v) is 2.25. The number of aliphatic imine (C=N–C) groups is 1. The lowest BCUT2D eigenvalue weighted by Crippen LogP contribution is -1.96. The van der Waals surface area contributed by atoms with E-state index in [-0.39, 0.29) is 5.75 Å². The van der Waals surface area contributed by atoms with Crippen LogP contribution >= 0.6 is 12.2 Å². The number of hydrogen-bond donors (Lipinski definition) is 1. The van der Waals surface area contributed by atoms with Crippen molar-refractivity contribution < 1.29 is 5.11 Å². The molecule has 0 aliphatic heterocycles. The van der Waals surface area contributed by atoms with E-state index in [4.69, 9.17) is 12.2 Å². The Morgan fingerprint density at radius 2 is 2.21 bits per heavy atom. The number of phenolic OH excluding ortho intramolecular Hbond substituents is 1. The van der Waals surface area contributed by atoms with Crippen LogP contribution in [-0.2, 0) is 0 Å². The van der Waals surface area contributed by atoms with Gasteiger partial charge in [-0.1, -0.05) is 31.3 Å². The first kappa shape index (κ1) is 10.9. The number of benzene rings is 1. The van der Waals surface area contributed by atoms with E-state index in [2.05, 4.69) is 4.99 Å². The molecule has 0 amide bonds. The van der Waals surface area contributed by atoms with Crippen molar-refractivity contribution in [1.82, 2.24) is 0 Å². The molecule has 14 heavy (non-hydrogen) atoms. The molecule has 1 aromatic rings. The third-order valence-electron chi connectivity index (χ3n) is 1.83. The van der Waals surface area contributed by atoms with Crippen molar-refractivity contribution in [2.45, 2.75) is 13.3 Å². The summed E-state index contributed by atoms with van der Waals surface area (Å²) in [5.41, 5.74) is 0.728. The lowest BCUT2D eigenvalue weighted by Gasteiger charge is -1.97. The normalized spacial score (nSPS) is 10.6. The Bertz CT molecular complexity index is 347. The fraction of sp³-hybridized carbons (Fsp3) is 0.273. The zero-order valence-corrected chi connectivity index (χ0v) is 8.92. The molecule has 0 bridgehead atoms. The molecule has 1 N–H and O–H groups in total. The molecule has 0 aliphatic carbocycles. The maximum atomic E-state index is 9.41. The predicted molar refractivity (Wildman–Crippen MR) is 63.5 cm³/mol. The lowest BCUT2D eigenvalue weighted by atomic mass is 10.2. The molecule has 0 saturated heterocycles. The van der Waals surface area contributed by atoms with Crippen molar-refractivity contribution in [3.05, 3.63) is 29.8 Å². The SMILES string of the molecule is CCC(=S)CN=Cc1ccccc1O. The maximum Gasteiger partial charge on any atom is 0.124 e. The van der Waals surface area contributed by atoms with Crippen LogP contribution in [-0.4, -0.2) is 22.7 Å². The Morgan fingerprint density at radius 3 is 2.86 bits per heavy atom. The number of phenols is 1. The zero-order valence-electron chi connectivity index (χ0n) is 8.10. The first-order chi connectivity index (χ1) is 6.74. The molecule has 0 radical (unpaired) electrons. The Hall–Kier alpha value is -1.22. The van der Waals surface area contributed by atoms with Crippen LogP contribution in [0.15, 0.2) is 29.3 Å². The van der Waals surface area contributed by atoms with Crippen molar-refractivity contribution in [2.75, 3.05) is 6.54 Å². The highest BCUT2D eigenvalue weighted by molar-refractivity contribution is 7.80. The summed E-state index contributed by atoms with van der Waals surface area (Å²) in [6.45, 7) is 2.57. The average molecular weight is 207 g/mol. The van der Waals surface area contributed by atoms with Gasteiger partial charge in [0, 0.05) is 16.6 Å². The number of rotatable bonds is 4. The monoisotopic (exact) mass is 207 g/mol. The van der Waals surface area contributed by atoms with Crippen LogP contribution in [0.3, 0.4) is 0 Å². The van der Waals surface area contributed by atoms with E-state index in [9.17, 15) is 5.11 Å². The van der Waals surface area contributed by atoms with Crippen molar-refractivity contribution in [1.29, 1.82) is 0 Å². The van der Waals surface area contributed by atoms with E-state index in [0.29, 0.717) is 6.54 Å². The molecule has 3 heteroatoms. The average Bonchev–Trinajstić information content (AvgIpc) is 2.20. The van der Waals surface area contributed by atoms with Crippen LogP contribution in [0.1, 0.15) is 18.9 Å². The van der Waals surface area contributed by atoms with E-state index >= 15 is 0 Å². The summed E-state index contributed by atoms with van der Waals surface area (Å²) in [4.78, 5) is 5.07. The molecule has 1 aromatic carbocycles. The van der Waals surface area contributed by atoms with E-state index in [1.54, 1.807) is 18.3 Å². The van der Waals surface area contributed by atoms with Gasteiger partial charge in [0.05, 0.1) is 6.54 Å². The van der Waals surface area contributed by atoms with Crippen LogP contribution in [0.5, 0.6) is 5.75 Å². The molecule has 0 fully saturated rings. The summed E-state index contributed by atoms with van der Waals surface area (Å²) >= 11 is 5.03. The fourth-order valence-corrected chi connectivity index (χ4v) is 1.03. The van der Waals surface area contributed by atoms with E-state index < -0.39 is 0 Å². The molecular formula is C11H13NOS. The Kier molecular flexibility index (Phi) is 4.26. The maximum absolute atomic E-state index is 9.41. The number of nitrogens with zero attached hydrogens (tertiary/aromatic N) is 1. The fourth-order valence-electron chi connectivity index (χ4n) is 0.954. The second-order valence-corrected chi connectivity index (χ2v) is 3.50. The molecule has 0 aromatic heterocycles.